The maximum atomic E-state index is 13.2. The molecule has 1 aromatic heterocycles. The minimum Gasteiger partial charge on any atom is -0.336 e. The Kier molecular flexibility index (Phi) is 6.40. The van der Waals surface area contributed by atoms with Gasteiger partial charge in [-0.3, -0.25) is 4.79 Å². The molecule has 4 heteroatoms. The smallest absolute Gasteiger partial charge is 0.243 e. The van der Waals surface area contributed by atoms with Crippen LogP contribution in [-0.2, 0) is 17.8 Å². The van der Waals surface area contributed by atoms with Crippen molar-refractivity contribution in [1.29, 1.82) is 0 Å². The van der Waals surface area contributed by atoms with Crippen molar-refractivity contribution in [1.82, 2.24) is 14.5 Å². The second-order valence-electron chi connectivity index (χ2n) is 8.83. The van der Waals surface area contributed by atoms with Crippen LogP contribution < -0.4 is 0 Å². The molecule has 0 aliphatic heterocycles. The summed E-state index contributed by atoms with van der Waals surface area (Å²) in [7, 11) is 0. The molecule has 0 atom stereocenters. The SMILES string of the molecule is CC(C)N(C(=O)Cn1c(Cc2ccc(-c3ccccc3)cc2)nc2ccccc21)C(C)C. The lowest BCUT2D eigenvalue weighted by Crippen LogP contribution is -2.43. The third-order valence-electron chi connectivity index (χ3n) is 5.85. The molecule has 0 unspecified atom stereocenters. The fourth-order valence-electron chi connectivity index (χ4n) is 4.45. The minimum absolute atomic E-state index is 0.124. The summed E-state index contributed by atoms with van der Waals surface area (Å²) in [6, 6.07) is 27.4. The zero-order valence-corrected chi connectivity index (χ0v) is 19.3. The molecule has 1 amide bonds. The lowest BCUT2D eigenvalue weighted by molar-refractivity contribution is -0.135. The van der Waals surface area contributed by atoms with Gasteiger partial charge in [0, 0.05) is 18.5 Å². The number of carbonyl (C=O) groups is 1. The highest BCUT2D eigenvalue weighted by Crippen LogP contribution is 2.23. The Morgan fingerprint density at radius 3 is 2.06 bits per heavy atom. The van der Waals surface area contributed by atoms with Crippen molar-refractivity contribution in [2.75, 3.05) is 0 Å². The molecule has 0 fully saturated rings. The van der Waals surface area contributed by atoms with E-state index in [1.807, 2.05) is 35.2 Å². The van der Waals surface area contributed by atoms with Crippen LogP contribution in [0.25, 0.3) is 22.2 Å². The maximum Gasteiger partial charge on any atom is 0.243 e. The number of para-hydroxylation sites is 2. The van der Waals surface area contributed by atoms with Crippen molar-refractivity contribution in [2.24, 2.45) is 0 Å². The number of carbonyl (C=O) groups excluding carboxylic acids is 1. The first kappa shape index (κ1) is 21.8. The van der Waals surface area contributed by atoms with Gasteiger partial charge in [-0.15, -0.1) is 0 Å². The Hall–Kier alpha value is -3.40. The predicted octanol–water partition coefficient (Wildman–Crippen LogP) is 5.94. The second kappa shape index (κ2) is 9.39. The summed E-state index contributed by atoms with van der Waals surface area (Å²) in [6.45, 7) is 8.57. The van der Waals surface area contributed by atoms with Crippen LogP contribution in [0.2, 0.25) is 0 Å². The average Bonchev–Trinajstić information content (AvgIpc) is 3.11. The molecule has 0 N–H and O–H groups in total. The zero-order chi connectivity index (χ0) is 22.7. The molecule has 0 spiro atoms. The van der Waals surface area contributed by atoms with Gasteiger partial charge >= 0.3 is 0 Å². The van der Waals surface area contributed by atoms with Crippen LogP contribution in [0.1, 0.15) is 39.1 Å². The quantitative estimate of drug-likeness (QED) is 0.367. The molecule has 4 rings (SSSR count). The number of benzene rings is 3. The molecule has 3 aromatic carbocycles. The van der Waals surface area contributed by atoms with Crippen LogP contribution in [0.5, 0.6) is 0 Å². The van der Waals surface area contributed by atoms with Gasteiger partial charge in [0.1, 0.15) is 12.4 Å². The Bertz CT molecular complexity index is 1180. The van der Waals surface area contributed by atoms with Gasteiger partial charge in [0.15, 0.2) is 0 Å². The lowest BCUT2D eigenvalue weighted by Gasteiger charge is -2.31. The van der Waals surface area contributed by atoms with Crippen molar-refractivity contribution >= 4 is 16.9 Å². The van der Waals surface area contributed by atoms with Gasteiger partial charge in [0.05, 0.1) is 11.0 Å². The van der Waals surface area contributed by atoms with Crippen LogP contribution >= 0.6 is 0 Å². The largest absolute Gasteiger partial charge is 0.336 e. The molecule has 4 nitrogen and oxygen atoms in total. The fraction of sp³-hybridized carbons (Fsp3) is 0.286. The standard InChI is InChI=1S/C28H31N3O/c1-20(2)31(21(3)4)28(32)19-30-26-13-9-8-12-25(26)29-27(30)18-22-14-16-24(17-15-22)23-10-6-5-7-11-23/h5-17,20-21H,18-19H2,1-4H3. The third-order valence-corrected chi connectivity index (χ3v) is 5.85. The molecule has 0 saturated heterocycles. The first-order valence-corrected chi connectivity index (χ1v) is 11.3. The van der Waals surface area contributed by atoms with Crippen LogP contribution in [0, 0.1) is 0 Å². The summed E-state index contributed by atoms with van der Waals surface area (Å²) in [4.78, 5) is 20.1. The van der Waals surface area contributed by atoms with Gasteiger partial charge < -0.3 is 9.47 Å². The van der Waals surface area contributed by atoms with E-state index in [2.05, 4.69) is 80.8 Å². The number of amides is 1. The predicted molar refractivity (Wildman–Crippen MR) is 132 cm³/mol. The van der Waals surface area contributed by atoms with Crippen molar-refractivity contribution < 1.29 is 4.79 Å². The van der Waals surface area contributed by atoms with Crippen molar-refractivity contribution in [3.8, 4) is 11.1 Å². The van der Waals surface area contributed by atoms with E-state index < -0.39 is 0 Å². The number of aromatic nitrogens is 2. The summed E-state index contributed by atoms with van der Waals surface area (Å²) < 4.78 is 2.08. The fourth-order valence-corrected chi connectivity index (χ4v) is 4.45. The van der Waals surface area contributed by atoms with Crippen LogP contribution in [0.15, 0.2) is 78.9 Å². The highest BCUT2D eigenvalue weighted by atomic mass is 16.2. The first-order chi connectivity index (χ1) is 15.4. The number of nitrogens with zero attached hydrogens (tertiary/aromatic N) is 3. The lowest BCUT2D eigenvalue weighted by atomic mass is 10.0. The zero-order valence-electron chi connectivity index (χ0n) is 19.3. The van der Waals surface area contributed by atoms with E-state index in [4.69, 9.17) is 4.98 Å². The highest BCUT2D eigenvalue weighted by Gasteiger charge is 2.22. The molecular weight excluding hydrogens is 394 g/mol. The van der Waals surface area contributed by atoms with Gasteiger partial charge in [-0.05, 0) is 56.5 Å². The second-order valence-corrected chi connectivity index (χ2v) is 8.83. The topological polar surface area (TPSA) is 38.1 Å². The van der Waals surface area contributed by atoms with E-state index in [0.29, 0.717) is 13.0 Å². The number of hydrogen-bond donors (Lipinski definition) is 0. The number of fused-ring (bicyclic) bond motifs is 1. The molecule has 164 valence electrons. The normalized spacial score (nSPS) is 11.4. The molecule has 32 heavy (non-hydrogen) atoms. The summed E-state index contributed by atoms with van der Waals surface area (Å²) in [5, 5.41) is 0. The number of hydrogen-bond acceptors (Lipinski definition) is 2. The van der Waals surface area contributed by atoms with E-state index in [-0.39, 0.29) is 18.0 Å². The summed E-state index contributed by atoms with van der Waals surface area (Å²) in [5.41, 5.74) is 5.52. The maximum absolute atomic E-state index is 13.2. The Morgan fingerprint density at radius 1 is 0.812 bits per heavy atom. The van der Waals surface area contributed by atoms with Gasteiger partial charge in [-0.1, -0.05) is 66.7 Å². The molecule has 4 aromatic rings. The Balaban J connectivity index is 1.64. The van der Waals surface area contributed by atoms with E-state index in [9.17, 15) is 4.79 Å². The van der Waals surface area contributed by atoms with Crippen molar-refractivity contribution in [2.45, 2.75) is 52.7 Å². The third kappa shape index (κ3) is 4.59. The van der Waals surface area contributed by atoms with Gasteiger partial charge in [-0.2, -0.15) is 0 Å². The summed E-state index contributed by atoms with van der Waals surface area (Å²) >= 11 is 0. The summed E-state index contributed by atoms with van der Waals surface area (Å²) in [6.07, 6.45) is 0.681. The van der Waals surface area contributed by atoms with Crippen LogP contribution in [0.4, 0.5) is 0 Å². The van der Waals surface area contributed by atoms with Crippen LogP contribution in [0.3, 0.4) is 0 Å². The van der Waals surface area contributed by atoms with Crippen molar-refractivity contribution in [3.05, 3.63) is 90.3 Å². The van der Waals surface area contributed by atoms with E-state index in [1.54, 1.807) is 0 Å². The highest BCUT2D eigenvalue weighted by molar-refractivity contribution is 5.81. The van der Waals surface area contributed by atoms with Crippen molar-refractivity contribution in [3.63, 3.8) is 0 Å². The monoisotopic (exact) mass is 425 g/mol. The van der Waals surface area contributed by atoms with E-state index in [0.717, 1.165) is 16.9 Å². The van der Waals surface area contributed by atoms with Gasteiger partial charge in [0.25, 0.3) is 0 Å². The van der Waals surface area contributed by atoms with Crippen LogP contribution in [-0.4, -0.2) is 32.4 Å². The molecule has 0 aliphatic rings. The molecule has 0 saturated carbocycles. The van der Waals surface area contributed by atoms with E-state index >= 15 is 0 Å². The van der Waals surface area contributed by atoms with Gasteiger partial charge in [-0.25, -0.2) is 4.98 Å². The first-order valence-electron chi connectivity index (χ1n) is 11.3. The molecule has 1 heterocycles. The molecule has 0 bridgehead atoms. The average molecular weight is 426 g/mol. The minimum atomic E-state index is 0.124. The Labute approximate surface area is 190 Å². The molecule has 0 aliphatic carbocycles. The van der Waals surface area contributed by atoms with E-state index in [1.165, 1.54) is 16.7 Å². The number of rotatable bonds is 7. The van der Waals surface area contributed by atoms with Gasteiger partial charge in [0.2, 0.25) is 5.91 Å². The Morgan fingerprint density at radius 2 is 1.41 bits per heavy atom. The molecule has 0 radical (unpaired) electrons. The number of imidazole rings is 1. The molecular formula is C28H31N3O. The summed E-state index contributed by atoms with van der Waals surface area (Å²) in [5.74, 6) is 1.04.